The Kier molecular flexibility index (Phi) is 5.30. The Bertz CT molecular complexity index is 496. The number of carbonyl (C=O) groups is 2. The molecule has 0 saturated heterocycles. The molecular weight excluding hydrogens is 258 g/mol. The van der Waals surface area contributed by atoms with Crippen molar-refractivity contribution >= 4 is 11.9 Å². The molecule has 1 unspecified atom stereocenters. The summed E-state index contributed by atoms with van der Waals surface area (Å²) in [5, 5.41) is 7.01. The van der Waals surface area contributed by atoms with Gasteiger partial charge in [0.15, 0.2) is 0 Å². The second-order valence-electron chi connectivity index (χ2n) is 5.01. The molecule has 0 spiro atoms. The van der Waals surface area contributed by atoms with E-state index >= 15 is 0 Å². The average molecular weight is 281 g/mol. The van der Waals surface area contributed by atoms with Crippen molar-refractivity contribution in [3.63, 3.8) is 0 Å². The largest absolute Gasteiger partial charge is 0.467 e. The summed E-state index contributed by atoms with van der Waals surface area (Å²) in [6, 6.07) is 1.71. The van der Waals surface area contributed by atoms with E-state index in [1.807, 2.05) is 20.8 Å². The SMILES string of the molecule is CCCC(C)(NC(=O)c1cc(C)nn1CC)C(=O)OC. The van der Waals surface area contributed by atoms with E-state index in [1.54, 1.807) is 17.7 Å². The molecular formula is C14H23N3O3. The minimum Gasteiger partial charge on any atom is -0.467 e. The third-order valence-electron chi connectivity index (χ3n) is 3.21. The van der Waals surface area contributed by atoms with Crippen LogP contribution in [-0.4, -0.2) is 34.3 Å². The number of methoxy groups -OCH3 is 1. The van der Waals surface area contributed by atoms with Gasteiger partial charge in [-0.25, -0.2) is 4.79 Å². The van der Waals surface area contributed by atoms with Gasteiger partial charge in [0.05, 0.1) is 12.8 Å². The first-order chi connectivity index (χ1) is 9.37. The minimum absolute atomic E-state index is 0.311. The maximum Gasteiger partial charge on any atom is 0.331 e. The summed E-state index contributed by atoms with van der Waals surface area (Å²) in [5.41, 5.74) is 0.209. The number of nitrogens with one attached hydrogen (secondary N) is 1. The Labute approximate surface area is 119 Å². The number of esters is 1. The third kappa shape index (κ3) is 3.37. The lowest BCUT2D eigenvalue weighted by atomic mass is 9.96. The van der Waals surface area contributed by atoms with Crippen LogP contribution in [-0.2, 0) is 16.1 Å². The van der Waals surface area contributed by atoms with E-state index in [2.05, 4.69) is 10.4 Å². The van der Waals surface area contributed by atoms with Crippen LogP contribution < -0.4 is 5.32 Å². The fraction of sp³-hybridized carbons (Fsp3) is 0.643. The van der Waals surface area contributed by atoms with Crippen LogP contribution in [0.2, 0.25) is 0 Å². The first-order valence-electron chi connectivity index (χ1n) is 6.83. The predicted molar refractivity (Wildman–Crippen MR) is 75.4 cm³/mol. The molecule has 0 radical (unpaired) electrons. The summed E-state index contributed by atoms with van der Waals surface area (Å²) in [7, 11) is 1.32. The van der Waals surface area contributed by atoms with E-state index in [1.165, 1.54) is 7.11 Å². The lowest BCUT2D eigenvalue weighted by Gasteiger charge is -2.27. The van der Waals surface area contributed by atoms with Crippen LogP contribution in [0.25, 0.3) is 0 Å². The van der Waals surface area contributed by atoms with Gasteiger partial charge in [-0.15, -0.1) is 0 Å². The highest BCUT2D eigenvalue weighted by Gasteiger charge is 2.36. The van der Waals surface area contributed by atoms with Crippen LogP contribution in [0.4, 0.5) is 0 Å². The molecule has 0 fully saturated rings. The zero-order valence-corrected chi connectivity index (χ0v) is 12.8. The topological polar surface area (TPSA) is 73.2 Å². The van der Waals surface area contributed by atoms with Gasteiger partial charge in [0.2, 0.25) is 0 Å². The van der Waals surface area contributed by atoms with Gasteiger partial charge in [-0.1, -0.05) is 13.3 Å². The Morgan fingerprint density at radius 1 is 1.45 bits per heavy atom. The van der Waals surface area contributed by atoms with Gasteiger partial charge in [0.25, 0.3) is 5.91 Å². The van der Waals surface area contributed by atoms with E-state index in [4.69, 9.17) is 4.74 Å². The van der Waals surface area contributed by atoms with Crippen LogP contribution in [0, 0.1) is 6.92 Å². The lowest BCUT2D eigenvalue weighted by Crippen LogP contribution is -2.53. The molecule has 1 N–H and O–H groups in total. The van der Waals surface area contributed by atoms with E-state index in [0.29, 0.717) is 18.7 Å². The Balaban J connectivity index is 2.99. The zero-order chi connectivity index (χ0) is 15.3. The van der Waals surface area contributed by atoms with Crippen molar-refractivity contribution in [1.29, 1.82) is 0 Å². The van der Waals surface area contributed by atoms with Crippen molar-refractivity contribution in [3.8, 4) is 0 Å². The van der Waals surface area contributed by atoms with Gasteiger partial charge < -0.3 is 10.1 Å². The quantitative estimate of drug-likeness (QED) is 0.805. The maximum atomic E-state index is 12.4. The van der Waals surface area contributed by atoms with Crippen LogP contribution >= 0.6 is 0 Å². The predicted octanol–water partition coefficient (Wildman–Crippen LogP) is 1.67. The van der Waals surface area contributed by atoms with Gasteiger partial charge in [0, 0.05) is 6.54 Å². The Hall–Kier alpha value is -1.85. The number of ether oxygens (including phenoxy) is 1. The second kappa shape index (κ2) is 6.54. The molecule has 0 aromatic carbocycles. The molecule has 0 saturated carbocycles. The van der Waals surface area contributed by atoms with Crippen molar-refractivity contribution in [1.82, 2.24) is 15.1 Å². The number of aryl methyl sites for hydroxylation is 2. The van der Waals surface area contributed by atoms with Crippen LogP contribution in [0.5, 0.6) is 0 Å². The molecule has 6 nitrogen and oxygen atoms in total. The van der Waals surface area contributed by atoms with E-state index in [0.717, 1.165) is 12.1 Å². The summed E-state index contributed by atoms with van der Waals surface area (Å²) in [4.78, 5) is 24.3. The highest BCUT2D eigenvalue weighted by Crippen LogP contribution is 2.16. The third-order valence-corrected chi connectivity index (χ3v) is 3.21. The number of amides is 1. The molecule has 1 heterocycles. The molecule has 0 bridgehead atoms. The van der Waals surface area contributed by atoms with Crippen LogP contribution in [0.3, 0.4) is 0 Å². The highest BCUT2D eigenvalue weighted by atomic mass is 16.5. The van der Waals surface area contributed by atoms with Crippen molar-refractivity contribution in [2.24, 2.45) is 0 Å². The molecule has 20 heavy (non-hydrogen) atoms. The van der Waals surface area contributed by atoms with Crippen molar-refractivity contribution in [2.45, 2.75) is 52.6 Å². The zero-order valence-electron chi connectivity index (χ0n) is 12.8. The summed E-state index contributed by atoms with van der Waals surface area (Å²) >= 11 is 0. The lowest BCUT2D eigenvalue weighted by molar-refractivity contribution is -0.147. The average Bonchev–Trinajstić information content (AvgIpc) is 2.79. The number of nitrogens with zero attached hydrogens (tertiary/aromatic N) is 2. The normalized spacial score (nSPS) is 13.7. The Morgan fingerprint density at radius 3 is 2.60 bits per heavy atom. The molecule has 0 aliphatic rings. The standard InChI is InChI=1S/C14H23N3O3/c1-6-8-14(4,13(19)20-5)15-12(18)11-9-10(3)16-17(11)7-2/h9H,6-8H2,1-5H3,(H,15,18). The molecule has 1 rings (SSSR count). The number of rotatable bonds is 6. The maximum absolute atomic E-state index is 12.4. The molecule has 6 heteroatoms. The molecule has 1 atom stereocenters. The van der Waals surface area contributed by atoms with E-state index < -0.39 is 11.5 Å². The molecule has 0 aliphatic heterocycles. The van der Waals surface area contributed by atoms with Gasteiger partial charge in [-0.3, -0.25) is 9.48 Å². The summed E-state index contributed by atoms with van der Waals surface area (Å²) < 4.78 is 6.41. The van der Waals surface area contributed by atoms with Crippen molar-refractivity contribution in [3.05, 3.63) is 17.5 Å². The van der Waals surface area contributed by atoms with Crippen molar-refractivity contribution in [2.75, 3.05) is 7.11 Å². The van der Waals surface area contributed by atoms with Crippen LogP contribution in [0.1, 0.15) is 49.8 Å². The minimum atomic E-state index is -1.02. The van der Waals surface area contributed by atoms with Gasteiger partial charge in [-0.2, -0.15) is 5.10 Å². The monoisotopic (exact) mass is 281 g/mol. The number of carbonyl (C=O) groups excluding carboxylic acids is 2. The van der Waals surface area contributed by atoms with Gasteiger partial charge >= 0.3 is 5.97 Å². The number of hydrogen-bond acceptors (Lipinski definition) is 4. The number of aromatic nitrogens is 2. The van der Waals surface area contributed by atoms with Crippen LogP contribution in [0.15, 0.2) is 6.07 Å². The first kappa shape index (κ1) is 16.2. The smallest absolute Gasteiger partial charge is 0.331 e. The fourth-order valence-corrected chi connectivity index (χ4v) is 2.22. The molecule has 0 aliphatic carbocycles. The van der Waals surface area contributed by atoms with Gasteiger partial charge in [-0.05, 0) is 33.3 Å². The van der Waals surface area contributed by atoms with Gasteiger partial charge in [0.1, 0.15) is 11.2 Å². The second-order valence-corrected chi connectivity index (χ2v) is 5.01. The first-order valence-corrected chi connectivity index (χ1v) is 6.83. The summed E-state index contributed by atoms with van der Waals surface area (Å²) in [5.74, 6) is -0.749. The molecule has 1 amide bonds. The molecule has 1 aromatic rings. The number of hydrogen-bond donors (Lipinski definition) is 1. The summed E-state index contributed by atoms with van der Waals surface area (Å²) in [6.07, 6.45) is 1.28. The van der Waals surface area contributed by atoms with Crippen molar-refractivity contribution < 1.29 is 14.3 Å². The van der Waals surface area contributed by atoms with E-state index in [9.17, 15) is 9.59 Å². The Morgan fingerprint density at radius 2 is 2.10 bits per heavy atom. The van der Waals surface area contributed by atoms with E-state index in [-0.39, 0.29) is 5.91 Å². The molecule has 1 aromatic heterocycles. The molecule has 112 valence electrons. The summed E-state index contributed by atoms with van der Waals surface area (Å²) in [6.45, 7) is 7.97. The fourth-order valence-electron chi connectivity index (χ4n) is 2.22. The highest BCUT2D eigenvalue weighted by molar-refractivity contribution is 5.96.